The lowest BCUT2D eigenvalue weighted by molar-refractivity contribution is 0.102. The number of nitrogens with one attached hydrogen (secondary N) is 1. The van der Waals surface area contributed by atoms with Crippen LogP contribution in [0.3, 0.4) is 0 Å². The van der Waals surface area contributed by atoms with E-state index in [-0.39, 0.29) is 18.3 Å². The molecule has 0 bridgehead atoms. The maximum absolute atomic E-state index is 12.2. The number of carbonyl (C=O) groups is 1. The first-order valence-electron chi connectivity index (χ1n) is 7.26. The first-order chi connectivity index (χ1) is 11.6. The molecular weight excluding hydrogens is 328 g/mol. The van der Waals surface area contributed by atoms with Crippen LogP contribution in [0.1, 0.15) is 16.1 Å². The van der Waals surface area contributed by atoms with Crippen molar-refractivity contribution in [3.05, 3.63) is 71.1 Å². The van der Waals surface area contributed by atoms with E-state index in [1.165, 1.54) is 4.68 Å². The van der Waals surface area contributed by atoms with Crippen molar-refractivity contribution < 1.29 is 9.53 Å². The van der Waals surface area contributed by atoms with E-state index in [1.807, 2.05) is 25.1 Å². The van der Waals surface area contributed by atoms with Crippen LogP contribution in [0.25, 0.3) is 0 Å². The summed E-state index contributed by atoms with van der Waals surface area (Å²) in [6.07, 6.45) is 3.35. The fraction of sp³-hybridized carbons (Fsp3) is 0.118. The zero-order chi connectivity index (χ0) is 16.9. The monoisotopic (exact) mass is 342 g/mol. The van der Waals surface area contributed by atoms with Crippen LogP contribution < -0.4 is 10.1 Å². The SMILES string of the molecule is Cc1ccc(NC(=O)c2ccn(COc3ccccc3Cl)n2)nc1. The standard InChI is InChI=1S/C17H15ClN4O2/c1-12-6-7-16(19-10-12)20-17(23)14-8-9-22(21-14)11-24-15-5-3-2-4-13(15)18/h2-10H,11H2,1H3,(H,19,20,23). The summed E-state index contributed by atoms with van der Waals surface area (Å²) in [7, 11) is 0. The van der Waals surface area contributed by atoms with Crippen molar-refractivity contribution in [2.45, 2.75) is 13.7 Å². The van der Waals surface area contributed by atoms with E-state index in [4.69, 9.17) is 16.3 Å². The molecule has 122 valence electrons. The number of nitrogens with zero attached hydrogens (tertiary/aromatic N) is 3. The maximum Gasteiger partial charge on any atom is 0.277 e. The average Bonchev–Trinajstić information content (AvgIpc) is 3.05. The van der Waals surface area contributed by atoms with Gasteiger partial charge in [0.2, 0.25) is 0 Å². The van der Waals surface area contributed by atoms with Crippen molar-refractivity contribution in [2.24, 2.45) is 0 Å². The third-order valence-corrected chi connectivity index (χ3v) is 3.53. The molecule has 1 amide bonds. The lowest BCUT2D eigenvalue weighted by atomic mass is 10.3. The Morgan fingerprint density at radius 3 is 2.83 bits per heavy atom. The predicted molar refractivity (Wildman–Crippen MR) is 91.2 cm³/mol. The number of anilines is 1. The zero-order valence-corrected chi connectivity index (χ0v) is 13.7. The van der Waals surface area contributed by atoms with Gasteiger partial charge in [-0.25, -0.2) is 9.67 Å². The number of pyridine rings is 1. The summed E-state index contributed by atoms with van der Waals surface area (Å²) < 4.78 is 7.09. The summed E-state index contributed by atoms with van der Waals surface area (Å²) >= 11 is 6.02. The number of hydrogen-bond donors (Lipinski definition) is 1. The van der Waals surface area contributed by atoms with Crippen molar-refractivity contribution in [1.82, 2.24) is 14.8 Å². The first kappa shape index (κ1) is 16.0. The molecule has 0 atom stereocenters. The van der Waals surface area contributed by atoms with Gasteiger partial charge >= 0.3 is 0 Å². The van der Waals surface area contributed by atoms with Crippen LogP contribution in [-0.4, -0.2) is 20.7 Å². The fourth-order valence-electron chi connectivity index (χ4n) is 1.97. The number of amides is 1. The Hall–Kier alpha value is -2.86. The van der Waals surface area contributed by atoms with Gasteiger partial charge in [0.1, 0.15) is 11.6 Å². The van der Waals surface area contributed by atoms with E-state index < -0.39 is 0 Å². The molecule has 0 aliphatic rings. The number of benzene rings is 1. The summed E-state index contributed by atoms with van der Waals surface area (Å²) in [6.45, 7) is 2.08. The van der Waals surface area contributed by atoms with Crippen LogP contribution >= 0.6 is 11.6 Å². The van der Waals surface area contributed by atoms with Gasteiger partial charge in [-0.15, -0.1) is 0 Å². The summed E-state index contributed by atoms with van der Waals surface area (Å²) in [4.78, 5) is 16.3. The van der Waals surface area contributed by atoms with Crippen LogP contribution in [0.4, 0.5) is 5.82 Å². The van der Waals surface area contributed by atoms with Gasteiger partial charge in [-0.2, -0.15) is 5.10 Å². The van der Waals surface area contributed by atoms with E-state index in [0.717, 1.165) is 5.56 Å². The van der Waals surface area contributed by atoms with Crippen LogP contribution in [0.15, 0.2) is 54.9 Å². The molecule has 0 aliphatic heterocycles. The fourth-order valence-corrected chi connectivity index (χ4v) is 2.16. The number of rotatable bonds is 5. The number of halogens is 1. The van der Waals surface area contributed by atoms with Crippen LogP contribution in [0.2, 0.25) is 5.02 Å². The highest BCUT2D eigenvalue weighted by molar-refractivity contribution is 6.32. The van der Waals surface area contributed by atoms with E-state index in [1.54, 1.807) is 36.7 Å². The van der Waals surface area contributed by atoms with Crippen LogP contribution in [0.5, 0.6) is 5.75 Å². The number of hydrogen-bond acceptors (Lipinski definition) is 4. The van der Waals surface area contributed by atoms with E-state index in [9.17, 15) is 4.79 Å². The molecule has 0 spiro atoms. The lowest BCUT2D eigenvalue weighted by Gasteiger charge is -2.07. The minimum Gasteiger partial charge on any atom is -0.470 e. The van der Waals surface area contributed by atoms with E-state index in [2.05, 4.69) is 15.4 Å². The number of ether oxygens (including phenoxy) is 1. The van der Waals surface area contributed by atoms with Gasteiger partial charge in [-0.3, -0.25) is 4.79 Å². The van der Waals surface area contributed by atoms with Gasteiger partial charge in [0.05, 0.1) is 5.02 Å². The smallest absolute Gasteiger partial charge is 0.277 e. The summed E-state index contributed by atoms with van der Waals surface area (Å²) in [5, 5.41) is 7.39. The van der Waals surface area contributed by atoms with Gasteiger partial charge in [0, 0.05) is 12.4 Å². The molecule has 3 aromatic rings. The van der Waals surface area contributed by atoms with Crippen molar-refractivity contribution in [3.8, 4) is 5.75 Å². The molecule has 0 radical (unpaired) electrons. The first-order valence-corrected chi connectivity index (χ1v) is 7.64. The molecule has 2 aromatic heterocycles. The third-order valence-electron chi connectivity index (χ3n) is 3.22. The molecule has 0 saturated carbocycles. The summed E-state index contributed by atoms with van der Waals surface area (Å²) in [6, 6.07) is 12.4. The molecule has 1 N–H and O–H groups in total. The molecule has 0 fully saturated rings. The van der Waals surface area contributed by atoms with E-state index >= 15 is 0 Å². The summed E-state index contributed by atoms with van der Waals surface area (Å²) in [5.74, 6) is 0.708. The molecule has 0 aliphatic carbocycles. The van der Waals surface area contributed by atoms with Gasteiger partial charge < -0.3 is 10.1 Å². The Labute approximate surface area is 144 Å². The molecule has 24 heavy (non-hydrogen) atoms. The highest BCUT2D eigenvalue weighted by Gasteiger charge is 2.11. The van der Waals surface area contributed by atoms with Gasteiger partial charge in [-0.05, 0) is 36.8 Å². The lowest BCUT2D eigenvalue weighted by Crippen LogP contribution is -2.15. The quantitative estimate of drug-likeness (QED) is 0.770. The second kappa shape index (κ2) is 7.14. The van der Waals surface area contributed by atoms with Crippen molar-refractivity contribution >= 4 is 23.3 Å². The largest absolute Gasteiger partial charge is 0.470 e. The molecule has 0 unspecified atom stereocenters. The van der Waals surface area contributed by atoms with Gasteiger partial charge in [0.15, 0.2) is 12.4 Å². The highest BCUT2D eigenvalue weighted by Crippen LogP contribution is 2.23. The second-order valence-electron chi connectivity index (χ2n) is 5.12. The van der Waals surface area contributed by atoms with Crippen molar-refractivity contribution in [2.75, 3.05) is 5.32 Å². The molecule has 1 aromatic carbocycles. The minimum atomic E-state index is -0.331. The Bertz CT molecular complexity index is 846. The Morgan fingerprint density at radius 1 is 1.25 bits per heavy atom. The molecule has 2 heterocycles. The van der Waals surface area contributed by atoms with Crippen LogP contribution in [0, 0.1) is 6.92 Å². The molecular formula is C17H15ClN4O2. The van der Waals surface area contributed by atoms with Crippen LogP contribution in [-0.2, 0) is 6.73 Å². The minimum absolute atomic E-state index is 0.153. The highest BCUT2D eigenvalue weighted by atomic mass is 35.5. The van der Waals surface area contributed by atoms with E-state index in [0.29, 0.717) is 16.6 Å². The van der Waals surface area contributed by atoms with Gasteiger partial charge in [0.25, 0.3) is 5.91 Å². The number of carbonyl (C=O) groups excluding carboxylic acids is 1. The predicted octanol–water partition coefficient (Wildman–Crippen LogP) is 3.53. The number of aryl methyl sites for hydroxylation is 1. The second-order valence-corrected chi connectivity index (χ2v) is 5.53. The molecule has 7 heteroatoms. The molecule has 0 saturated heterocycles. The zero-order valence-electron chi connectivity index (χ0n) is 12.9. The normalized spacial score (nSPS) is 10.4. The maximum atomic E-state index is 12.2. The number of para-hydroxylation sites is 1. The topological polar surface area (TPSA) is 69.0 Å². The average molecular weight is 343 g/mol. The van der Waals surface area contributed by atoms with Crippen molar-refractivity contribution in [1.29, 1.82) is 0 Å². The molecule has 3 rings (SSSR count). The van der Waals surface area contributed by atoms with Crippen molar-refractivity contribution in [3.63, 3.8) is 0 Å². The Balaban J connectivity index is 1.61. The van der Waals surface area contributed by atoms with Gasteiger partial charge in [-0.1, -0.05) is 29.8 Å². The number of aromatic nitrogens is 3. The summed E-state index contributed by atoms with van der Waals surface area (Å²) in [5.41, 5.74) is 1.30. The Kier molecular flexibility index (Phi) is 4.77. The molecule has 6 nitrogen and oxygen atoms in total. The Morgan fingerprint density at radius 2 is 2.08 bits per heavy atom. The third kappa shape index (κ3) is 3.91.